The lowest BCUT2D eigenvalue weighted by molar-refractivity contribution is 0.0913. The molecule has 0 bridgehead atoms. The van der Waals surface area contributed by atoms with E-state index in [0.717, 1.165) is 5.56 Å². The highest BCUT2D eigenvalue weighted by atomic mass is 19.1. The minimum atomic E-state index is -0.853. The number of aliphatic hydroxyl groups is 1. The fraction of sp³-hybridized carbons (Fsp3) is 0.200. The van der Waals surface area contributed by atoms with Crippen LogP contribution in [-0.2, 0) is 6.42 Å². The molecule has 0 spiro atoms. The van der Waals surface area contributed by atoms with Crippen LogP contribution in [0.3, 0.4) is 0 Å². The summed E-state index contributed by atoms with van der Waals surface area (Å²) in [5.41, 5.74) is 8.81. The van der Waals surface area contributed by atoms with Crippen LogP contribution in [0.5, 0.6) is 5.75 Å². The van der Waals surface area contributed by atoms with Gasteiger partial charge in [-0.2, -0.15) is 0 Å². The second-order valence-electron chi connectivity index (χ2n) is 7.35. The first-order valence-electron chi connectivity index (χ1n) is 10.2. The van der Waals surface area contributed by atoms with Crippen molar-refractivity contribution in [3.63, 3.8) is 0 Å². The van der Waals surface area contributed by atoms with Crippen molar-refractivity contribution in [1.29, 1.82) is 5.41 Å². The normalized spacial score (nSPS) is 11.6. The van der Waals surface area contributed by atoms with E-state index < -0.39 is 12.0 Å². The van der Waals surface area contributed by atoms with Crippen LogP contribution in [-0.4, -0.2) is 30.4 Å². The lowest BCUT2D eigenvalue weighted by Gasteiger charge is -2.17. The minimum Gasteiger partial charge on any atom is -0.495 e. The van der Waals surface area contributed by atoms with E-state index in [1.807, 2.05) is 18.2 Å². The first-order valence-corrected chi connectivity index (χ1v) is 10.2. The number of benzene rings is 3. The zero-order valence-corrected chi connectivity index (χ0v) is 17.8. The Balaban J connectivity index is 1.74. The molecular weight excluding hydrogens is 409 g/mol. The Morgan fingerprint density at radius 3 is 2.47 bits per heavy atom. The summed E-state index contributed by atoms with van der Waals surface area (Å²) in [5.74, 6) is -0.545. The Labute approximate surface area is 186 Å². The van der Waals surface area contributed by atoms with Gasteiger partial charge in [-0.3, -0.25) is 4.79 Å². The molecular formula is C25H26FN3O3. The Hall–Kier alpha value is -3.71. The number of rotatable bonds is 9. The summed E-state index contributed by atoms with van der Waals surface area (Å²) in [6, 6.07) is 18.2. The summed E-state index contributed by atoms with van der Waals surface area (Å²) in [5, 5.41) is 21.5. The smallest absolute Gasteiger partial charge is 0.255 e. The van der Waals surface area contributed by atoms with E-state index in [9.17, 15) is 14.3 Å². The fourth-order valence-electron chi connectivity index (χ4n) is 3.42. The van der Waals surface area contributed by atoms with Crippen molar-refractivity contribution in [3.05, 3.63) is 94.8 Å². The van der Waals surface area contributed by atoms with Gasteiger partial charge in [-0.1, -0.05) is 42.5 Å². The highest BCUT2D eigenvalue weighted by molar-refractivity contribution is 6.09. The Kier molecular flexibility index (Phi) is 7.57. The van der Waals surface area contributed by atoms with Crippen LogP contribution in [0.15, 0.2) is 66.7 Å². The second-order valence-corrected chi connectivity index (χ2v) is 7.35. The van der Waals surface area contributed by atoms with Gasteiger partial charge in [0.25, 0.3) is 5.91 Å². The lowest BCUT2D eigenvalue weighted by Crippen LogP contribution is -2.29. The van der Waals surface area contributed by atoms with Gasteiger partial charge < -0.3 is 26.3 Å². The van der Waals surface area contributed by atoms with E-state index >= 15 is 0 Å². The molecule has 1 atom stereocenters. The van der Waals surface area contributed by atoms with Gasteiger partial charge >= 0.3 is 0 Å². The molecule has 0 aliphatic rings. The standard InChI is InChI=1S/C25H26FN3O3/c1-32-24-19(25(31)29-15-22(30)17-5-3-2-4-6-17)12-14-21(28)23(24)20(27)13-9-16-7-10-18(26)11-8-16/h2-8,10-12,14,22,27,30H,9,13,15,28H2,1H3,(H,29,31)/t22-/m0/s1. The third kappa shape index (κ3) is 5.50. The van der Waals surface area contributed by atoms with Gasteiger partial charge in [0.2, 0.25) is 0 Å². The molecule has 6 nitrogen and oxygen atoms in total. The van der Waals surface area contributed by atoms with Crippen molar-refractivity contribution in [2.75, 3.05) is 19.4 Å². The predicted octanol–water partition coefficient (Wildman–Crippen LogP) is 3.88. The zero-order valence-electron chi connectivity index (χ0n) is 17.8. The molecule has 0 saturated heterocycles. The molecule has 0 fully saturated rings. The number of nitrogens with two attached hydrogens (primary N) is 1. The molecule has 3 aromatic rings. The number of ether oxygens (including phenoxy) is 1. The minimum absolute atomic E-state index is 0.0216. The van der Waals surface area contributed by atoms with Gasteiger partial charge in [0.05, 0.1) is 24.3 Å². The summed E-state index contributed by atoms with van der Waals surface area (Å²) >= 11 is 0. The Bertz CT molecular complexity index is 1090. The molecule has 5 N–H and O–H groups in total. The SMILES string of the molecule is COc1c(C(=O)NC[C@H](O)c2ccccc2)ccc(N)c1C(=N)CCc1ccc(F)cc1. The molecule has 32 heavy (non-hydrogen) atoms. The Morgan fingerprint density at radius 1 is 1.12 bits per heavy atom. The molecule has 7 heteroatoms. The van der Waals surface area contributed by atoms with Crippen LogP contribution in [0.2, 0.25) is 0 Å². The van der Waals surface area contributed by atoms with Crippen LogP contribution in [0.4, 0.5) is 10.1 Å². The van der Waals surface area contributed by atoms with Crippen molar-refractivity contribution in [1.82, 2.24) is 5.32 Å². The van der Waals surface area contributed by atoms with Gasteiger partial charge in [0, 0.05) is 17.9 Å². The maximum atomic E-state index is 13.1. The summed E-state index contributed by atoms with van der Waals surface area (Å²) in [4.78, 5) is 12.8. The molecule has 0 aliphatic carbocycles. The number of aliphatic hydroxyl groups excluding tert-OH is 1. The molecule has 0 heterocycles. The van der Waals surface area contributed by atoms with E-state index in [4.69, 9.17) is 15.9 Å². The summed E-state index contributed by atoms with van der Waals surface area (Å²) in [6.07, 6.45) is -0.000764. The maximum absolute atomic E-state index is 13.1. The summed E-state index contributed by atoms with van der Waals surface area (Å²) in [6.45, 7) is 0.0216. The van der Waals surface area contributed by atoms with Crippen LogP contribution in [0, 0.1) is 11.2 Å². The van der Waals surface area contributed by atoms with Gasteiger partial charge in [-0.05, 0) is 48.2 Å². The Morgan fingerprint density at radius 2 is 1.81 bits per heavy atom. The number of carbonyl (C=O) groups is 1. The molecule has 0 saturated carbocycles. The number of nitrogen functional groups attached to an aromatic ring is 1. The average molecular weight is 435 g/mol. The van der Waals surface area contributed by atoms with Gasteiger partial charge in [-0.15, -0.1) is 0 Å². The number of anilines is 1. The third-order valence-electron chi connectivity index (χ3n) is 5.16. The molecule has 1 amide bonds. The number of nitrogens with one attached hydrogen (secondary N) is 2. The van der Waals surface area contributed by atoms with E-state index in [2.05, 4.69) is 5.32 Å². The summed E-state index contributed by atoms with van der Waals surface area (Å²) < 4.78 is 18.6. The van der Waals surface area contributed by atoms with E-state index in [0.29, 0.717) is 29.7 Å². The lowest BCUT2D eigenvalue weighted by atomic mass is 9.97. The highest BCUT2D eigenvalue weighted by Crippen LogP contribution is 2.31. The van der Waals surface area contributed by atoms with Gasteiger partial charge in [0.1, 0.15) is 11.6 Å². The van der Waals surface area contributed by atoms with Crippen molar-refractivity contribution in [2.45, 2.75) is 18.9 Å². The first-order chi connectivity index (χ1) is 15.4. The van der Waals surface area contributed by atoms with Crippen LogP contribution < -0.4 is 15.8 Å². The molecule has 0 aromatic heterocycles. The van der Waals surface area contributed by atoms with E-state index in [-0.39, 0.29) is 29.4 Å². The van der Waals surface area contributed by atoms with Crippen molar-refractivity contribution in [2.24, 2.45) is 0 Å². The summed E-state index contributed by atoms with van der Waals surface area (Å²) in [7, 11) is 1.42. The average Bonchev–Trinajstić information content (AvgIpc) is 2.81. The number of methoxy groups -OCH3 is 1. The molecule has 0 unspecified atom stereocenters. The van der Waals surface area contributed by atoms with E-state index in [1.54, 1.807) is 30.3 Å². The molecule has 0 aliphatic heterocycles. The van der Waals surface area contributed by atoms with Crippen molar-refractivity contribution in [3.8, 4) is 5.75 Å². The predicted molar refractivity (Wildman–Crippen MR) is 123 cm³/mol. The third-order valence-corrected chi connectivity index (χ3v) is 5.16. The zero-order chi connectivity index (χ0) is 23.1. The molecule has 3 rings (SSSR count). The first kappa shape index (κ1) is 23.0. The van der Waals surface area contributed by atoms with Crippen LogP contribution >= 0.6 is 0 Å². The quantitative estimate of drug-likeness (QED) is 0.302. The van der Waals surface area contributed by atoms with E-state index in [1.165, 1.54) is 25.3 Å². The highest BCUT2D eigenvalue weighted by Gasteiger charge is 2.21. The monoisotopic (exact) mass is 435 g/mol. The van der Waals surface area contributed by atoms with Crippen molar-refractivity contribution >= 4 is 17.3 Å². The number of aryl methyl sites for hydroxylation is 1. The maximum Gasteiger partial charge on any atom is 0.255 e. The van der Waals surface area contributed by atoms with Crippen LogP contribution in [0.1, 0.15) is 39.6 Å². The molecule has 166 valence electrons. The number of hydrogen-bond donors (Lipinski definition) is 4. The largest absolute Gasteiger partial charge is 0.495 e. The van der Waals surface area contributed by atoms with Gasteiger partial charge in [0.15, 0.2) is 0 Å². The second kappa shape index (κ2) is 10.5. The fourth-order valence-corrected chi connectivity index (χ4v) is 3.42. The number of amides is 1. The van der Waals surface area contributed by atoms with Crippen LogP contribution in [0.25, 0.3) is 0 Å². The number of halogens is 1. The van der Waals surface area contributed by atoms with Gasteiger partial charge in [-0.25, -0.2) is 4.39 Å². The number of carbonyl (C=O) groups excluding carboxylic acids is 1. The van der Waals surface area contributed by atoms with Crippen molar-refractivity contribution < 1.29 is 19.0 Å². The molecule has 0 radical (unpaired) electrons. The topological polar surface area (TPSA) is 108 Å². The number of hydrogen-bond acceptors (Lipinski definition) is 5. The molecule has 3 aromatic carbocycles.